The third-order valence-electron chi connectivity index (χ3n) is 4.80. The summed E-state index contributed by atoms with van der Waals surface area (Å²) in [5, 5.41) is 4.63. The Morgan fingerprint density at radius 2 is 2.13 bits per heavy atom. The van der Waals surface area contributed by atoms with Crippen LogP contribution in [0.2, 0.25) is 0 Å². The van der Waals surface area contributed by atoms with Crippen LogP contribution in [0.4, 0.5) is 9.52 Å². The van der Waals surface area contributed by atoms with Gasteiger partial charge in [-0.2, -0.15) is 0 Å². The van der Waals surface area contributed by atoms with E-state index in [-0.39, 0.29) is 29.7 Å². The number of nitrogens with zero attached hydrogens (tertiary/aromatic N) is 5. The Morgan fingerprint density at radius 1 is 1.37 bits per heavy atom. The van der Waals surface area contributed by atoms with Gasteiger partial charge in [0.25, 0.3) is 5.91 Å². The predicted octanol–water partition coefficient (Wildman–Crippen LogP) is 2.58. The number of fused-ring (bicyclic) bond motifs is 1. The third kappa shape index (κ3) is 4.56. The Bertz CT molecular complexity index is 1020. The maximum atomic E-state index is 14.2. The number of amides is 1. The lowest BCUT2D eigenvalue weighted by molar-refractivity contribution is 0.0391. The lowest BCUT2D eigenvalue weighted by Crippen LogP contribution is -2.43. The molecular formula is C19H23ClFN5O3S. The first-order chi connectivity index (χ1) is 14.1. The molecule has 0 bridgehead atoms. The molecule has 0 aliphatic carbocycles. The van der Waals surface area contributed by atoms with Crippen LogP contribution in [-0.4, -0.2) is 72.1 Å². The molecule has 11 heteroatoms. The standard InChI is InChI=1S/C19H22FN5O3S.ClH/c1-23-12-13(17(22-23)27-2)18(26)25(7-6-24-8-10-28-11-9-24)19-21-16-14(20)4-3-5-15(16)29-19;/h3-5,12H,6-11H2,1-2H3;1H. The quantitative estimate of drug-likeness (QED) is 0.569. The molecule has 0 spiro atoms. The second-order valence-corrected chi connectivity index (χ2v) is 7.73. The lowest BCUT2D eigenvalue weighted by Gasteiger charge is -2.29. The first kappa shape index (κ1) is 22.4. The lowest BCUT2D eigenvalue weighted by atomic mass is 10.3. The summed E-state index contributed by atoms with van der Waals surface area (Å²) in [5.74, 6) is -0.423. The average molecular weight is 456 g/mol. The van der Waals surface area contributed by atoms with Gasteiger partial charge in [-0.05, 0) is 12.1 Å². The molecule has 2 aromatic heterocycles. The Kier molecular flexibility index (Phi) is 7.24. The number of morpholine rings is 1. The highest BCUT2D eigenvalue weighted by molar-refractivity contribution is 7.22. The van der Waals surface area contributed by atoms with E-state index in [1.165, 1.54) is 29.2 Å². The van der Waals surface area contributed by atoms with Crippen molar-refractivity contribution in [1.82, 2.24) is 19.7 Å². The van der Waals surface area contributed by atoms with Crippen molar-refractivity contribution in [2.75, 3.05) is 51.4 Å². The minimum atomic E-state index is -0.399. The molecule has 1 aliphatic rings. The third-order valence-corrected chi connectivity index (χ3v) is 5.84. The molecule has 4 rings (SSSR count). The fourth-order valence-corrected chi connectivity index (χ4v) is 4.28. The van der Waals surface area contributed by atoms with Crippen LogP contribution in [0.5, 0.6) is 5.88 Å². The smallest absolute Gasteiger partial charge is 0.267 e. The van der Waals surface area contributed by atoms with Gasteiger partial charge in [-0.1, -0.05) is 17.4 Å². The van der Waals surface area contributed by atoms with Crippen molar-refractivity contribution in [2.45, 2.75) is 0 Å². The molecular weight excluding hydrogens is 433 g/mol. The summed E-state index contributed by atoms with van der Waals surface area (Å²) < 4.78 is 27.1. The molecule has 8 nitrogen and oxygen atoms in total. The Labute approximate surface area is 183 Å². The van der Waals surface area contributed by atoms with Gasteiger partial charge in [0.15, 0.2) is 5.13 Å². The maximum absolute atomic E-state index is 14.2. The highest BCUT2D eigenvalue weighted by Gasteiger charge is 2.27. The molecule has 1 fully saturated rings. The predicted molar refractivity (Wildman–Crippen MR) is 116 cm³/mol. The van der Waals surface area contributed by atoms with Crippen molar-refractivity contribution in [3.05, 3.63) is 35.8 Å². The van der Waals surface area contributed by atoms with E-state index in [1.807, 2.05) is 0 Å². The number of anilines is 1. The van der Waals surface area contributed by atoms with Crippen LogP contribution in [0, 0.1) is 5.82 Å². The van der Waals surface area contributed by atoms with Gasteiger partial charge in [0, 0.05) is 39.4 Å². The summed E-state index contributed by atoms with van der Waals surface area (Å²) in [4.78, 5) is 21.6. The summed E-state index contributed by atoms with van der Waals surface area (Å²) >= 11 is 1.29. The highest BCUT2D eigenvalue weighted by Crippen LogP contribution is 2.32. The van der Waals surface area contributed by atoms with Crippen LogP contribution in [0.25, 0.3) is 10.2 Å². The molecule has 0 saturated carbocycles. The number of carbonyl (C=O) groups is 1. The molecule has 1 saturated heterocycles. The van der Waals surface area contributed by atoms with Crippen LogP contribution in [0.3, 0.4) is 0 Å². The largest absolute Gasteiger partial charge is 0.479 e. The van der Waals surface area contributed by atoms with Crippen LogP contribution in [0.15, 0.2) is 24.4 Å². The maximum Gasteiger partial charge on any atom is 0.267 e. The molecule has 162 valence electrons. The van der Waals surface area contributed by atoms with Crippen molar-refractivity contribution in [1.29, 1.82) is 0 Å². The van der Waals surface area contributed by atoms with Gasteiger partial charge in [-0.15, -0.1) is 17.5 Å². The number of aryl methyl sites for hydroxylation is 1. The van der Waals surface area contributed by atoms with Gasteiger partial charge in [-0.25, -0.2) is 9.37 Å². The number of thiazole rings is 1. The van der Waals surface area contributed by atoms with E-state index in [0.717, 1.165) is 13.1 Å². The van der Waals surface area contributed by atoms with E-state index in [4.69, 9.17) is 9.47 Å². The molecule has 0 unspecified atom stereocenters. The second-order valence-electron chi connectivity index (χ2n) is 6.72. The van der Waals surface area contributed by atoms with E-state index in [1.54, 1.807) is 30.3 Å². The number of hydrogen-bond acceptors (Lipinski definition) is 7. The van der Waals surface area contributed by atoms with Crippen molar-refractivity contribution < 1.29 is 18.7 Å². The van der Waals surface area contributed by atoms with Gasteiger partial charge < -0.3 is 9.47 Å². The zero-order valence-electron chi connectivity index (χ0n) is 16.7. The van der Waals surface area contributed by atoms with E-state index in [9.17, 15) is 9.18 Å². The topological polar surface area (TPSA) is 72.7 Å². The second kappa shape index (κ2) is 9.69. The zero-order chi connectivity index (χ0) is 20.4. The number of rotatable bonds is 6. The zero-order valence-corrected chi connectivity index (χ0v) is 18.3. The highest BCUT2D eigenvalue weighted by atomic mass is 35.5. The van der Waals surface area contributed by atoms with Crippen LogP contribution in [-0.2, 0) is 11.8 Å². The SMILES string of the molecule is COc1nn(C)cc1C(=O)N(CCN1CCOCC1)c1nc2c(F)cccc2s1.Cl. The monoisotopic (exact) mass is 455 g/mol. The summed E-state index contributed by atoms with van der Waals surface area (Å²) in [7, 11) is 3.20. The summed E-state index contributed by atoms with van der Waals surface area (Å²) in [6.07, 6.45) is 1.62. The number of halogens is 2. The Morgan fingerprint density at radius 3 is 2.83 bits per heavy atom. The molecule has 1 aromatic carbocycles. The van der Waals surface area contributed by atoms with E-state index in [0.29, 0.717) is 41.7 Å². The number of carbonyl (C=O) groups excluding carboxylic acids is 1. The van der Waals surface area contributed by atoms with E-state index < -0.39 is 5.82 Å². The summed E-state index contributed by atoms with van der Waals surface area (Å²) in [5.41, 5.74) is 0.617. The van der Waals surface area contributed by atoms with Crippen LogP contribution >= 0.6 is 23.7 Å². The minimum Gasteiger partial charge on any atom is -0.479 e. The van der Waals surface area contributed by atoms with Crippen molar-refractivity contribution in [3.8, 4) is 5.88 Å². The fraction of sp³-hybridized carbons (Fsp3) is 0.421. The Hall–Kier alpha value is -2.27. The fourth-order valence-electron chi connectivity index (χ4n) is 3.28. The van der Waals surface area contributed by atoms with Crippen LogP contribution in [0.1, 0.15) is 10.4 Å². The molecule has 1 aliphatic heterocycles. The molecule has 1 amide bonds. The molecule has 30 heavy (non-hydrogen) atoms. The van der Waals surface area contributed by atoms with Gasteiger partial charge in [0.2, 0.25) is 5.88 Å². The van der Waals surface area contributed by atoms with Crippen molar-refractivity contribution in [2.24, 2.45) is 7.05 Å². The molecule has 3 heterocycles. The van der Waals surface area contributed by atoms with Crippen LogP contribution < -0.4 is 9.64 Å². The molecule has 0 radical (unpaired) electrons. The number of methoxy groups -OCH3 is 1. The number of ether oxygens (including phenoxy) is 2. The Balaban J connectivity index is 0.00000256. The van der Waals surface area contributed by atoms with Gasteiger partial charge in [-0.3, -0.25) is 19.3 Å². The number of hydrogen-bond donors (Lipinski definition) is 0. The molecule has 0 atom stereocenters. The number of aromatic nitrogens is 3. The minimum absolute atomic E-state index is 0. The van der Waals surface area contributed by atoms with Crippen molar-refractivity contribution in [3.63, 3.8) is 0 Å². The summed E-state index contributed by atoms with van der Waals surface area (Å²) in [6, 6.07) is 4.81. The number of benzene rings is 1. The van der Waals surface area contributed by atoms with E-state index >= 15 is 0 Å². The first-order valence-electron chi connectivity index (χ1n) is 9.31. The van der Waals surface area contributed by atoms with E-state index in [2.05, 4.69) is 15.0 Å². The summed E-state index contributed by atoms with van der Waals surface area (Å²) in [6.45, 7) is 4.06. The van der Waals surface area contributed by atoms with Gasteiger partial charge >= 0.3 is 0 Å². The normalized spacial score (nSPS) is 14.5. The average Bonchev–Trinajstić information content (AvgIpc) is 3.33. The van der Waals surface area contributed by atoms with Gasteiger partial charge in [0.1, 0.15) is 16.9 Å². The van der Waals surface area contributed by atoms with Gasteiger partial charge in [0.05, 0.1) is 25.0 Å². The first-order valence-corrected chi connectivity index (χ1v) is 10.1. The van der Waals surface area contributed by atoms with Crippen molar-refractivity contribution >= 4 is 45.0 Å². The molecule has 0 N–H and O–H groups in total. The molecule has 3 aromatic rings. The number of para-hydroxylation sites is 1.